The van der Waals surface area contributed by atoms with Crippen molar-refractivity contribution in [1.82, 2.24) is 4.98 Å². The van der Waals surface area contributed by atoms with Crippen molar-refractivity contribution in [3.05, 3.63) is 18.3 Å². The first-order valence-corrected chi connectivity index (χ1v) is 6.30. The van der Waals surface area contributed by atoms with E-state index < -0.39 is 0 Å². The summed E-state index contributed by atoms with van der Waals surface area (Å²) in [5.41, 5.74) is 1.07. The van der Waals surface area contributed by atoms with Crippen molar-refractivity contribution in [2.24, 2.45) is 0 Å². The Morgan fingerprint density at radius 1 is 1.41 bits per heavy atom. The Labute approximate surface area is 104 Å². The molecule has 1 unspecified atom stereocenters. The molecule has 0 fully saturated rings. The second-order valence-electron chi connectivity index (χ2n) is 4.06. The van der Waals surface area contributed by atoms with Gasteiger partial charge >= 0.3 is 0 Å². The molecule has 4 heteroatoms. The Kier molecular flexibility index (Phi) is 6.40. The Hall–Kier alpha value is -1.29. The second-order valence-corrected chi connectivity index (χ2v) is 4.06. The fourth-order valence-corrected chi connectivity index (χ4v) is 1.49. The van der Waals surface area contributed by atoms with Crippen LogP contribution < -0.4 is 10.6 Å². The highest BCUT2D eigenvalue weighted by atomic mass is 16.5. The van der Waals surface area contributed by atoms with Crippen LogP contribution in [0.25, 0.3) is 0 Å². The van der Waals surface area contributed by atoms with Gasteiger partial charge in [0, 0.05) is 37.1 Å². The van der Waals surface area contributed by atoms with Gasteiger partial charge in [-0.1, -0.05) is 6.92 Å². The van der Waals surface area contributed by atoms with E-state index in [1.807, 2.05) is 25.3 Å². The maximum Gasteiger partial charge on any atom is 0.127 e. The van der Waals surface area contributed by atoms with Crippen LogP contribution in [0.5, 0.6) is 0 Å². The van der Waals surface area contributed by atoms with Gasteiger partial charge in [0.15, 0.2) is 0 Å². The van der Waals surface area contributed by atoms with E-state index in [-0.39, 0.29) is 0 Å². The molecule has 0 saturated heterocycles. The van der Waals surface area contributed by atoms with Crippen LogP contribution in [0.3, 0.4) is 0 Å². The van der Waals surface area contributed by atoms with Crippen molar-refractivity contribution in [3.8, 4) is 0 Å². The summed E-state index contributed by atoms with van der Waals surface area (Å²) in [4.78, 5) is 4.26. The number of ether oxygens (including phenoxy) is 1. The predicted octanol–water partition coefficient (Wildman–Crippen LogP) is 2.74. The molecule has 2 N–H and O–H groups in total. The lowest BCUT2D eigenvalue weighted by Crippen LogP contribution is -2.21. The van der Waals surface area contributed by atoms with Gasteiger partial charge in [0.1, 0.15) is 5.82 Å². The number of aromatic nitrogens is 1. The molecule has 0 bridgehead atoms. The summed E-state index contributed by atoms with van der Waals surface area (Å²) in [5.74, 6) is 0.917. The highest BCUT2D eigenvalue weighted by Gasteiger charge is 2.02. The molecule has 1 aromatic heterocycles. The molecule has 1 atom stereocenters. The van der Waals surface area contributed by atoms with Crippen LogP contribution in [-0.4, -0.2) is 30.8 Å². The number of pyridine rings is 1. The van der Waals surface area contributed by atoms with Gasteiger partial charge < -0.3 is 15.4 Å². The molecule has 96 valence electrons. The highest BCUT2D eigenvalue weighted by molar-refractivity contribution is 5.52. The number of nitrogens with zero attached hydrogens (tertiary/aromatic N) is 1. The Balaban J connectivity index is 2.47. The second kappa shape index (κ2) is 7.90. The van der Waals surface area contributed by atoms with Gasteiger partial charge in [-0.3, -0.25) is 0 Å². The van der Waals surface area contributed by atoms with Crippen molar-refractivity contribution in [3.63, 3.8) is 0 Å². The smallest absolute Gasteiger partial charge is 0.127 e. The summed E-state index contributed by atoms with van der Waals surface area (Å²) in [6, 6.07) is 4.30. The molecular weight excluding hydrogens is 214 g/mol. The summed E-state index contributed by atoms with van der Waals surface area (Å²) in [5, 5.41) is 6.66. The number of anilines is 2. The van der Waals surface area contributed by atoms with Gasteiger partial charge in [0.25, 0.3) is 0 Å². The largest absolute Gasteiger partial charge is 0.380 e. The van der Waals surface area contributed by atoms with Gasteiger partial charge in [0.2, 0.25) is 0 Å². The molecule has 1 heterocycles. The van der Waals surface area contributed by atoms with E-state index in [4.69, 9.17) is 4.74 Å². The summed E-state index contributed by atoms with van der Waals surface area (Å²) in [7, 11) is 0. The number of nitrogens with one attached hydrogen (secondary N) is 2. The zero-order chi connectivity index (χ0) is 12.5. The van der Waals surface area contributed by atoms with E-state index in [2.05, 4.69) is 29.5 Å². The third-order valence-electron chi connectivity index (χ3n) is 2.30. The molecule has 0 spiro atoms. The Morgan fingerprint density at radius 2 is 2.24 bits per heavy atom. The maximum absolute atomic E-state index is 5.37. The molecule has 0 aliphatic heterocycles. The van der Waals surface area contributed by atoms with Crippen LogP contribution >= 0.6 is 0 Å². The van der Waals surface area contributed by atoms with Crippen LogP contribution in [0.15, 0.2) is 18.3 Å². The van der Waals surface area contributed by atoms with Crippen molar-refractivity contribution in [2.75, 3.05) is 30.4 Å². The average Bonchev–Trinajstić information content (AvgIpc) is 2.34. The van der Waals surface area contributed by atoms with Crippen LogP contribution in [0.4, 0.5) is 11.5 Å². The van der Waals surface area contributed by atoms with Crippen molar-refractivity contribution in [2.45, 2.75) is 33.2 Å². The van der Waals surface area contributed by atoms with Gasteiger partial charge in [-0.05, 0) is 26.3 Å². The van der Waals surface area contributed by atoms with E-state index in [0.717, 1.165) is 37.7 Å². The first-order valence-electron chi connectivity index (χ1n) is 6.30. The molecule has 0 saturated carbocycles. The fraction of sp³-hybridized carbons (Fsp3) is 0.615. The molecule has 0 amide bonds. The van der Waals surface area contributed by atoms with Gasteiger partial charge in [-0.25, -0.2) is 4.98 Å². The molecule has 17 heavy (non-hydrogen) atoms. The number of rotatable bonds is 8. The lowest BCUT2D eigenvalue weighted by molar-refractivity contribution is 0.141. The normalized spacial score (nSPS) is 12.2. The molecule has 0 aliphatic rings. The van der Waals surface area contributed by atoms with Crippen LogP contribution in [0, 0.1) is 0 Å². The monoisotopic (exact) mass is 237 g/mol. The highest BCUT2D eigenvalue weighted by Crippen LogP contribution is 2.13. The predicted molar refractivity (Wildman–Crippen MR) is 72.6 cm³/mol. The topological polar surface area (TPSA) is 46.2 Å². The number of hydrogen-bond donors (Lipinski definition) is 2. The van der Waals surface area contributed by atoms with E-state index >= 15 is 0 Å². The van der Waals surface area contributed by atoms with Crippen molar-refractivity contribution < 1.29 is 4.74 Å². The summed E-state index contributed by atoms with van der Waals surface area (Å²) >= 11 is 0. The lowest BCUT2D eigenvalue weighted by atomic mass is 10.3. The zero-order valence-electron chi connectivity index (χ0n) is 11.0. The molecule has 0 aromatic carbocycles. The lowest BCUT2D eigenvalue weighted by Gasteiger charge is -2.15. The third kappa shape index (κ3) is 5.54. The fourth-order valence-electron chi connectivity index (χ4n) is 1.49. The van der Waals surface area contributed by atoms with Crippen LogP contribution in [0.2, 0.25) is 0 Å². The van der Waals surface area contributed by atoms with Crippen LogP contribution in [-0.2, 0) is 4.74 Å². The average molecular weight is 237 g/mol. The van der Waals surface area contributed by atoms with Crippen LogP contribution in [0.1, 0.15) is 27.2 Å². The molecule has 1 rings (SSSR count). The Bertz CT molecular complexity index is 317. The first-order chi connectivity index (χ1) is 8.26. The maximum atomic E-state index is 5.37. The Morgan fingerprint density at radius 3 is 2.94 bits per heavy atom. The third-order valence-corrected chi connectivity index (χ3v) is 2.30. The minimum atomic E-state index is 0.302. The van der Waals surface area contributed by atoms with E-state index in [0.29, 0.717) is 6.04 Å². The standard InChI is InChI=1S/C13H23N3O/c1-4-7-14-13-9-12(6-8-15-13)16-11(3)10-17-5-2/h6,8-9,11H,4-5,7,10H2,1-3H3,(H2,14,15,16). The quantitative estimate of drug-likeness (QED) is 0.730. The van der Waals surface area contributed by atoms with E-state index in [1.165, 1.54) is 0 Å². The summed E-state index contributed by atoms with van der Waals surface area (Å²) < 4.78 is 5.37. The molecule has 0 aliphatic carbocycles. The first kappa shape index (κ1) is 13.8. The molecular formula is C13H23N3O. The van der Waals surface area contributed by atoms with Gasteiger partial charge in [0.05, 0.1) is 6.61 Å². The van der Waals surface area contributed by atoms with Crippen molar-refractivity contribution >= 4 is 11.5 Å². The molecule has 1 aromatic rings. The van der Waals surface area contributed by atoms with Crippen molar-refractivity contribution in [1.29, 1.82) is 0 Å². The van der Waals surface area contributed by atoms with Gasteiger partial charge in [-0.15, -0.1) is 0 Å². The summed E-state index contributed by atoms with van der Waals surface area (Å²) in [6.07, 6.45) is 2.91. The minimum absolute atomic E-state index is 0.302. The SMILES string of the molecule is CCCNc1cc(NC(C)COCC)ccn1. The minimum Gasteiger partial charge on any atom is -0.380 e. The van der Waals surface area contributed by atoms with E-state index in [9.17, 15) is 0 Å². The van der Waals surface area contributed by atoms with E-state index in [1.54, 1.807) is 0 Å². The summed E-state index contributed by atoms with van der Waals surface area (Å²) in [6.45, 7) is 8.67. The molecule has 4 nitrogen and oxygen atoms in total. The number of hydrogen-bond acceptors (Lipinski definition) is 4. The zero-order valence-corrected chi connectivity index (χ0v) is 11.0. The molecule has 0 radical (unpaired) electrons. The van der Waals surface area contributed by atoms with Gasteiger partial charge in [-0.2, -0.15) is 0 Å².